The molecule has 0 unspecified atom stereocenters. The van der Waals surface area contributed by atoms with Gasteiger partial charge in [0.1, 0.15) is 12.2 Å². The van der Waals surface area contributed by atoms with Crippen molar-refractivity contribution in [2.24, 2.45) is 5.92 Å². The molecule has 8 nitrogen and oxygen atoms in total. The zero-order valence-corrected chi connectivity index (χ0v) is 17.4. The Hall–Kier alpha value is -2.22. The summed E-state index contributed by atoms with van der Waals surface area (Å²) in [4.78, 5) is 33.9. The van der Waals surface area contributed by atoms with E-state index in [0.717, 1.165) is 87.9 Å². The summed E-state index contributed by atoms with van der Waals surface area (Å²) >= 11 is 0. The molecule has 1 amide bonds. The van der Waals surface area contributed by atoms with Gasteiger partial charge >= 0.3 is 0 Å². The zero-order valence-electron chi connectivity index (χ0n) is 17.4. The van der Waals surface area contributed by atoms with Crippen LogP contribution in [-0.2, 0) is 17.8 Å². The lowest BCUT2D eigenvalue weighted by Crippen LogP contribution is -2.51. The zero-order chi connectivity index (χ0) is 19.8. The lowest BCUT2D eigenvalue weighted by molar-refractivity contribution is -0.137. The topological polar surface area (TPSA) is 70.4 Å². The lowest BCUT2D eigenvalue weighted by Gasteiger charge is -2.38. The van der Waals surface area contributed by atoms with E-state index in [-0.39, 0.29) is 5.92 Å². The first-order chi connectivity index (χ1) is 14.2. The van der Waals surface area contributed by atoms with Gasteiger partial charge in [0.25, 0.3) is 0 Å². The van der Waals surface area contributed by atoms with Crippen molar-refractivity contribution >= 4 is 22.9 Å². The summed E-state index contributed by atoms with van der Waals surface area (Å²) < 4.78 is 2.28. The molecule has 8 heteroatoms. The van der Waals surface area contributed by atoms with Crippen LogP contribution >= 0.6 is 0 Å². The number of aromatic nitrogens is 4. The second-order valence-corrected chi connectivity index (χ2v) is 8.77. The van der Waals surface area contributed by atoms with Crippen LogP contribution in [0.5, 0.6) is 0 Å². The molecule has 0 bridgehead atoms. The Labute approximate surface area is 171 Å². The van der Waals surface area contributed by atoms with Gasteiger partial charge in [0.2, 0.25) is 5.91 Å². The summed E-state index contributed by atoms with van der Waals surface area (Å²) in [6.45, 7) is 6.28. The normalized spacial score (nSPS) is 23.8. The fourth-order valence-corrected chi connectivity index (χ4v) is 5.01. The second-order valence-electron chi connectivity index (χ2n) is 8.77. The minimum absolute atomic E-state index is 0.0533. The molecule has 0 saturated carbocycles. The van der Waals surface area contributed by atoms with Gasteiger partial charge in [-0.1, -0.05) is 6.42 Å². The van der Waals surface area contributed by atoms with Gasteiger partial charge in [-0.3, -0.25) is 4.79 Å². The maximum absolute atomic E-state index is 13.1. The number of nitrogens with zero attached hydrogens (tertiary/aromatic N) is 7. The first-order valence-corrected chi connectivity index (χ1v) is 11.1. The average molecular weight is 398 g/mol. The fraction of sp³-hybridized carbons (Fsp3) is 0.714. The maximum atomic E-state index is 13.1. The van der Waals surface area contributed by atoms with Gasteiger partial charge in [-0.05, 0) is 32.7 Å². The molecule has 2 aromatic heterocycles. The molecule has 0 radical (unpaired) electrons. The van der Waals surface area contributed by atoms with Gasteiger partial charge in [0.05, 0.1) is 5.92 Å². The highest BCUT2D eigenvalue weighted by Crippen LogP contribution is 2.30. The van der Waals surface area contributed by atoms with Gasteiger partial charge < -0.3 is 19.3 Å². The molecule has 29 heavy (non-hydrogen) atoms. The third-order valence-electron chi connectivity index (χ3n) is 6.76. The number of hydrogen-bond donors (Lipinski definition) is 0. The minimum Gasteiger partial charge on any atom is -0.354 e. The number of carbonyl (C=O) groups excluding carboxylic acids is 1. The number of fused-ring (bicyclic) bond motifs is 3. The van der Waals surface area contributed by atoms with E-state index in [1.807, 2.05) is 0 Å². The summed E-state index contributed by atoms with van der Waals surface area (Å²) in [5, 5.41) is 0. The molecule has 5 heterocycles. The molecule has 0 N–H and O–H groups in total. The molecule has 156 valence electrons. The molecule has 3 aliphatic heterocycles. The first-order valence-electron chi connectivity index (χ1n) is 11.1. The van der Waals surface area contributed by atoms with Crippen LogP contribution in [0, 0.1) is 5.92 Å². The summed E-state index contributed by atoms with van der Waals surface area (Å²) in [5.41, 5.74) is 1.87. The molecule has 0 spiro atoms. The number of anilines is 1. The molecule has 3 aliphatic rings. The standard InChI is InChI=1S/C21H31N7O/c1-25-10-12-26(13-11-25)21(29)16-6-5-8-27(14-16)19-18-20(23-15-22-19)28-9-4-2-3-7-17(28)24-18/h15-16H,2-14H2,1H3/t16-/m1/s1. The van der Waals surface area contributed by atoms with Crippen molar-refractivity contribution in [3.8, 4) is 0 Å². The maximum Gasteiger partial charge on any atom is 0.227 e. The Morgan fingerprint density at radius 1 is 1.00 bits per heavy atom. The Morgan fingerprint density at radius 3 is 2.72 bits per heavy atom. The Morgan fingerprint density at radius 2 is 1.86 bits per heavy atom. The highest BCUT2D eigenvalue weighted by Gasteiger charge is 2.32. The molecular formula is C21H31N7O. The Bertz CT molecular complexity index is 887. The van der Waals surface area contributed by atoms with E-state index in [1.54, 1.807) is 6.33 Å². The third-order valence-corrected chi connectivity index (χ3v) is 6.76. The number of imidazole rings is 1. The van der Waals surface area contributed by atoms with Crippen molar-refractivity contribution in [1.82, 2.24) is 29.3 Å². The van der Waals surface area contributed by atoms with Gasteiger partial charge in [0, 0.05) is 52.2 Å². The predicted molar refractivity (Wildman–Crippen MR) is 112 cm³/mol. The third kappa shape index (κ3) is 3.58. The summed E-state index contributed by atoms with van der Waals surface area (Å²) in [7, 11) is 2.12. The van der Waals surface area contributed by atoms with E-state index < -0.39 is 0 Å². The molecule has 2 aromatic rings. The van der Waals surface area contributed by atoms with Crippen LogP contribution in [0.3, 0.4) is 0 Å². The Balaban J connectivity index is 1.38. The number of aryl methyl sites for hydroxylation is 2. The highest BCUT2D eigenvalue weighted by atomic mass is 16.2. The van der Waals surface area contributed by atoms with Crippen LogP contribution in [0.25, 0.3) is 11.2 Å². The quantitative estimate of drug-likeness (QED) is 0.766. The molecule has 2 fully saturated rings. The number of hydrogen-bond acceptors (Lipinski definition) is 6. The molecule has 0 aromatic carbocycles. The van der Waals surface area contributed by atoms with Crippen LogP contribution in [0.1, 0.15) is 37.9 Å². The van der Waals surface area contributed by atoms with Crippen molar-refractivity contribution in [3.63, 3.8) is 0 Å². The SMILES string of the molecule is CN1CCN(C(=O)[C@@H]2CCCN(c3ncnc4c3nc3n4CCCCC3)C2)CC1. The number of piperazine rings is 1. The van der Waals surface area contributed by atoms with Crippen molar-refractivity contribution in [2.45, 2.75) is 45.1 Å². The van der Waals surface area contributed by atoms with Crippen LogP contribution in [0.2, 0.25) is 0 Å². The molecule has 2 saturated heterocycles. The molecule has 1 atom stereocenters. The van der Waals surface area contributed by atoms with E-state index in [1.165, 1.54) is 19.3 Å². The van der Waals surface area contributed by atoms with Crippen LogP contribution < -0.4 is 4.90 Å². The van der Waals surface area contributed by atoms with Gasteiger partial charge in [-0.25, -0.2) is 15.0 Å². The van der Waals surface area contributed by atoms with E-state index in [9.17, 15) is 4.79 Å². The smallest absolute Gasteiger partial charge is 0.227 e. The summed E-state index contributed by atoms with van der Waals surface area (Å²) in [6, 6.07) is 0. The highest BCUT2D eigenvalue weighted by molar-refractivity contribution is 5.85. The Kier molecular flexibility index (Phi) is 5.11. The fourth-order valence-electron chi connectivity index (χ4n) is 5.01. The largest absolute Gasteiger partial charge is 0.354 e. The monoisotopic (exact) mass is 397 g/mol. The number of piperidine rings is 1. The summed E-state index contributed by atoms with van der Waals surface area (Å²) in [5.74, 6) is 2.42. The summed E-state index contributed by atoms with van der Waals surface area (Å²) in [6.07, 6.45) is 8.30. The van der Waals surface area contributed by atoms with Crippen molar-refractivity contribution in [1.29, 1.82) is 0 Å². The number of rotatable bonds is 2. The molecular weight excluding hydrogens is 366 g/mol. The van der Waals surface area contributed by atoms with Gasteiger partial charge in [-0.2, -0.15) is 0 Å². The van der Waals surface area contributed by atoms with E-state index in [2.05, 4.69) is 36.3 Å². The minimum atomic E-state index is 0.0533. The van der Waals surface area contributed by atoms with Crippen molar-refractivity contribution < 1.29 is 4.79 Å². The van der Waals surface area contributed by atoms with E-state index in [0.29, 0.717) is 5.91 Å². The lowest BCUT2D eigenvalue weighted by atomic mass is 9.96. The van der Waals surface area contributed by atoms with Crippen LogP contribution in [0.4, 0.5) is 5.82 Å². The molecule has 5 rings (SSSR count). The van der Waals surface area contributed by atoms with Crippen molar-refractivity contribution in [2.75, 3.05) is 51.2 Å². The number of likely N-dealkylation sites (N-methyl/N-ethyl adjacent to an activating group) is 1. The van der Waals surface area contributed by atoms with E-state index >= 15 is 0 Å². The first kappa shape index (κ1) is 18.8. The number of carbonyl (C=O) groups is 1. The number of amides is 1. The van der Waals surface area contributed by atoms with Crippen LogP contribution in [0.15, 0.2) is 6.33 Å². The second kappa shape index (κ2) is 7.89. The predicted octanol–water partition coefficient (Wildman–Crippen LogP) is 1.54. The van der Waals surface area contributed by atoms with Crippen molar-refractivity contribution in [3.05, 3.63) is 12.2 Å². The average Bonchev–Trinajstić information content (AvgIpc) is 2.95. The van der Waals surface area contributed by atoms with Gasteiger partial charge in [0.15, 0.2) is 17.0 Å². The van der Waals surface area contributed by atoms with Crippen LogP contribution in [-0.4, -0.2) is 81.5 Å². The van der Waals surface area contributed by atoms with E-state index in [4.69, 9.17) is 4.98 Å². The molecule has 0 aliphatic carbocycles. The van der Waals surface area contributed by atoms with Gasteiger partial charge in [-0.15, -0.1) is 0 Å².